The summed E-state index contributed by atoms with van der Waals surface area (Å²) in [5, 5.41) is 3.27. The molecule has 0 aliphatic rings. The Morgan fingerprint density at radius 1 is 1.41 bits per heavy atom. The number of anilines is 1. The summed E-state index contributed by atoms with van der Waals surface area (Å²) >= 11 is 5.92. The molecule has 0 bridgehead atoms. The number of nitrogens with zero attached hydrogens (tertiary/aromatic N) is 2. The average molecular weight is 258 g/mol. The molecule has 1 heterocycles. The van der Waals surface area contributed by atoms with Gasteiger partial charge in [-0.05, 0) is 19.3 Å². The summed E-state index contributed by atoms with van der Waals surface area (Å²) < 4.78 is 5.30. The molecule has 0 aromatic carbocycles. The van der Waals surface area contributed by atoms with Crippen LogP contribution in [0.4, 0.5) is 5.82 Å². The Bertz CT molecular complexity index is 333. The third-order valence-electron chi connectivity index (χ3n) is 2.20. The van der Waals surface area contributed by atoms with E-state index >= 15 is 0 Å². The molecule has 0 radical (unpaired) electrons. The van der Waals surface area contributed by atoms with Crippen LogP contribution in [-0.2, 0) is 0 Å². The van der Waals surface area contributed by atoms with Gasteiger partial charge in [0.2, 0.25) is 5.88 Å². The summed E-state index contributed by atoms with van der Waals surface area (Å²) in [6, 6.07) is 0.211. The molecule has 0 aliphatic carbocycles. The third kappa shape index (κ3) is 5.22. The van der Waals surface area contributed by atoms with Gasteiger partial charge in [-0.3, -0.25) is 4.98 Å². The fourth-order valence-corrected chi connectivity index (χ4v) is 1.78. The summed E-state index contributed by atoms with van der Waals surface area (Å²) in [4.78, 5) is 8.38. The molecule has 4 nitrogen and oxygen atoms in total. The molecular formula is C12H20ClN3O. The highest BCUT2D eigenvalue weighted by Gasteiger charge is 2.10. The molecule has 96 valence electrons. The van der Waals surface area contributed by atoms with Gasteiger partial charge in [-0.15, -0.1) is 11.6 Å². The molecule has 0 aliphatic heterocycles. The Balaban J connectivity index is 2.62. The fourth-order valence-electron chi connectivity index (χ4n) is 1.57. The molecule has 1 aromatic heterocycles. The monoisotopic (exact) mass is 257 g/mol. The molecule has 1 rings (SSSR count). The van der Waals surface area contributed by atoms with Crippen molar-refractivity contribution in [2.75, 3.05) is 17.8 Å². The van der Waals surface area contributed by atoms with Gasteiger partial charge in [-0.2, -0.15) is 4.98 Å². The predicted octanol–water partition coefficient (Wildman–Crippen LogP) is 2.94. The van der Waals surface area contributed by atoms with Crippen LogP contribution < -0.4 is 10.1 Å². The topological polar surface area (TPSA) is 47.0 Å². The third-order valence-corrected chi connectivity index (χ3v) is 2.57. The van der Waals surface area contributed by atoms with Crippen molar-refractivity contribution in [2.45, 2.75) is 33.2 Å². The second-order valence-corrected chi connectivity index (χ2v) is 4.61. The number of nitrogens with one attached hydrogen (secondary N) is 1. The van der Waals surface area contributed by atoms with Gasteiger partial charge in [-0.25, -0.2) is 0 Å². The fraction of sp³-hybridized carbons (Fsp3) is 0.667. The van der Waals surface area contributed by atoms with Crippen molar-refractivity contribution in [3.63, 3.8) is 0 Å². The first-order valence-corrected chi connectivity index (χ1v) is 6.46. The van der Waals surface area contributed by atoms with Crippen LogP contribution >= 0.6 is 11.6 Å². The van der Waals surface area contributed by atoms with Gasteiger partial charge in [0, 0.05) is 11.9 Å². The minimum Gasteiger partial charge on any atom is -0.477 e. The van der Waals surface area contributed by atoms with E-state index in [2.05, 4.69) is 29.1 Å². The van der Waals surface area contributed by atoms with E-state index in [4.69, 9.17) is 16.3 Å². The zero-order valence-corrected chi connectivity index (χ0v) is 11.4. The first kappa shape index (κ1) is 14.0. The summed E-state index contributed by atoms with van der Waals surface area (Å²) in [5.74, 6) is 2.39. The van der Waals surface area contributed by atoms with Gasteiger partial charge >= 0.3 is 0 Å². The van der Waals surface area contributed by atoms with Crippen LogP contribution in [0.25, 0.3) is 0 Å². The molecule has 0 amide bonds. The van der Waals surface area contributed by atoms with Crippen LogP contribution in [0.1, 0.15) is 27.2 Å². The molecule has 5 heteroatoms. The molecule has 17 heavy (non-hydrogen) atoms. The van der Waals surface area contributed by atoms with E-state index in [1.807, 2.05) is 6.92 Å². The van der Waals surface area contributed by atoms with Gasteiger partial charge < -0.3 is 10.1 Å². The van der Waals surface area contributed by atoms with Crippen LogP contribution in [0.2, 0.25) is 0 Å². The SMILES string of the molecule is CCOc1cncc(NC(CCl)CC(C)C)n1. The Morgan fingerprint density at radius 2 is 2.18 bits per heavy atom. The summed E-state index contributed by atoms with van der Waals surface area (Å²) in [5.41, 5.74) is 0. The average Bonchev–Trinajstić information content (AvgIpc) is 2.28. The van der Waals surface area contributed by atoms with E-state index in [-0.39, 0.29) is 6.04 Å². The highest BCUT2D eigenvalue weighted by atomic mass is 35.5. The van der Waals surface area contributed by atoms with Gasteiger partial charge in [0.25, 0.3) is 0 Å². The van der Waals surface area contributed by atoms with Crippen LogP contribution in [0, 0.1) is 5.92 Å². The maximum Gasteiger partial charge on any atom is 0.234 e. The minimum absolute atomic E-state index is 0.211. The van der Waals surface area contributed by atoms with Crippen LogP contribution in [0.15, 0.2) is 12.4 Å². The maximum absolute atomic E-state index is 5.92. The van der Waals surface area contributed by atoms with E-state index in [9.17, 15) is 0 Å². The summed E-state index contributed by atoms with van der Waals surface area (Å²) in [7, 11) is 0. The normalized spacial score (nSPS) is 12.5. The van der Waals surface area contributed by atoms with E-state index in [1.165, 1.54) is 0 Å². The van der Waals surface area contributed by atoms with E-state index in [1.54, 1.807) is 12.4 Å². The van der Waals surface area contributed by atoms with Gasteiger partial charge in [-0.1, -0.05) is 13.8 Å². The molecule has 0 saturated heterocycles. The predicted molar refractivity (Wildman–Crippen MR) is 70.8 cm³/mol. The lowest BCUT2D eigenvalue weighted by atomic mass is 10.1. The van der Waals surface area contributed by atoms with Crippen molar-refractivity contribution in [2.24, 2.45) is 5.92 Å². The van der Waals surface area contributed by atoms with Gasteiger partial charge in [0.05, 0.1) is 19.0 Å². The van der Waals surface area contributed by atoms with Crippen LogP contribution in [-0.4, -0.2) is 28.5 Å². The van der Waals surface area contributed by atoms with Crippen LogP contribution in [0.3, 0.4) is 0 Å². The molecule has 0 fully saturated rings. The van der Waals surface area contributed by atoms with Crippen LogP contribution in [0.5, 0.6) is 5.88 Å². The van der Waals surface area contributed by atoms with Gasteiger partial charge in [0.1, 0.15) is 5.82 Å². The van der Waals surface area contributed by atoms with Gasteiger partial charge in [0.15, 0.2) is 0 Å². The van der Waals surface area contributed by atoms with E-state index < -0.39 is 0 Å². The molecule has 0 spiro atoms. The highest BCUT2D eigenvalue weighted by Crippen LogP contribution is 2.14. The Hall–Kier alpha value is -1.03. The summed E-state index contributed by atoms with van der Waals surface area (Å²) in [6.07, 6.45) is 4.29. The maximum atomic E-state index is 5.92. The number of aromatic nitrogens is 2. The first-order chi connectivity index (χ1) is 8.15. The Kier molecular flexibility index (Phi) is 6.05. The van der Waals surface area contributed by atoms with Crippen molar-refractivity contribution in [1.82, 2.24) is 9.97 Å². The molecule has 0 saturated carbocycles. The molecular weight excluding hydrogens is 238 g/mol. The van der Waals surface area contributed by atoms with Crippen molar-refractivity contribution in [3.05, 3.63) is 12.4 Å². The largest absolute Gasteiger partial charge is 0.477 e. The number of hydrogen-bond donors (Lipinski definition) is 1. The quantitative estimate of drug-likeness (QED) is 0.763. The number of alkyl halides is 1. The van der Waals surface area contributed by atoms with E-state index in [0.29, 0.717) is 30.1 Å². The Labute approximate surface area is 108 Å². The number of hydrogen-bond acceptors (Lipinski definition) is 4. The Morgan fingerprint density at radius 3 is 2.76 bits per heavy atom. The minimum atomic E-state index is 0.211. The van der Waals surface area contributed by atoms with E-state index in [0.717, 1.165) is 6.42 Å². The molecule has 1 aromatic rings. The zero-order valence-electron chi connectivity index (χ0n) is 10.6. The number of halogens is 1. The standard InChI is InChI=1S/C12H20ClN3O/c1-4-17-12-8-14-7-11(16-12)15-10(6-13)5-9(2)3/h7-10H,4-6H2,1-3H3,(H,15,16). The zero-order chi connectivity index (χ0) is 12.7. The first-order valence-electron chi connectivity index (χ1n) is 5.93. The highest BCUT2D eigenvalue weighted by molar-refractivity contribution is 6.18. The van der Waals surface area contributed by atoms with Crippen molar-refractivity contribution < 1.29 is 4.74 Å². The number of ether oxygens (including phenoxy) is 1. The lowest BCUT2D eigenvalue weighted by molar-refractivity contribution is 0.325. The second-order valence-electron chi connectivity index (χ2n) is 4.30. The molecule has 1 unspecified atom stereocenters. The van der Waals surface area contributed by atoms with Crippen molar-refractivity contribution >= 4 is 17.4 Å². The second kappa shape index (κ2) is 7.33. The molecule has 1 atom stereocenters. The lowest BCUT2D eigenvalue weighted by Crippen LogP contribution is -2.24. The smallest absolute Gasteiger partial charge is 0.234 e. The summed E-state index contributed by atoms with van der Waals surface area (Å²) in [6.45, 7) is 6.85. The molecule has 1 N–H and O–H groups in total. The van der Waals surface area contributed by atoms with Crippen molar-refractivity contribution in [3.8, 4) is 5.88 Å². The van der Waals surface area contributed by atoms with Crippen molar-refractivity contribution in [1.29, 1.82) is 0 Å². The lowest BCUT2D eigenvalue weighted by Gasteiger charge is -2.18. The number of rotatable bonds is 7.